The predicted octanol–water partition coefficient (Wildman–Crippen LogP) is 3.72. The summed E-state index contributed by atoms with van der Waals surface area (Å²) in [4.78, 5) is 16.8. The average molecular weight is 329 g/mol. The lowest BCUT2D eigenvalue weighted by molar-refractivity contribution is -0.119. The second-order valence-corrected chi connectivity index (χ2v) is 6.89. The van der Waals surface area contributed by atoms with E-state index in [9.17, 15) is 4.79 Å². The third kappa shape index (κ3) is 3.49. The summed E-state index contributed by atoms with van der Waals surface area (Å²) in [5.74, 6) is 1.42. The zero-order valence-corrected chi connectivity index (χ0v) is 12.5. The van der Waals surface area contributed by atoms with Gasteiger partial charge in [0.15, 0.2) is 0 Å². The minimum atomic E-state index is 0.132. The SMILES string of the molecule is CC(C)CC(=O)Cc1nc(-c2ccc(Br)s2)no1. The molecule has 2 rings (SSSR count). The van der Waals surface area contributed by atoms with E-state index < -0.39 is 0 Å². The van der Waals surface area contributed by atoms with Gasteiger partial charge in [0.05, 0.1) is 15.1 Å². The fraction of sp³-hybridized carbons (Fsp3) is 0.417. The number of rotatable bonds is 5. The van der Waals surface area contributed by atoms with Gasteiger partial charge >= 0.3 is 0 Å². The second kappa shape index (κ2) is 5.75. The minimum Gasteiger partial charge on any atom is -0.338 e. The Morgan fingerprint density at radius 1 is 1.50 bits per heavy atom. The summed E-state index contributed by atoms with van der Waals surface area (Å²) in [6, 6.07) is 3.85. The lowest BCUT2D eigenvalue weighted by Gasteiger charge is -1.99. The van der Waals surface area contributed by atoms with E-state index in [-0.39, 0.29) is 12.2 Å². The number of aromatic nitrogens is 2. The Balaban J connectivity index is 2.04. The second-order valence-electron chi connectivity index (χ2n) is 4.43. The summed E-state index contributed by atoms with van der Waals surface area (Å²) in [6.07, 6.45) is 0.764. The Morgan fingerprint density at radius 3 is 2.89 bits per heavy atom. The van der Waals surface area contributed by atoms with Gasteiger partial charge in [-0.15, -0.1) is 11.3 Å². The van der Waals surface area contributed by atoms with Gasteiger partial charge in [0.25, 0.3) is 0 Å². The van der Waals surface area contributed by atoms with Crippen molar-refractivity contribution >= 4 is 33.0 Å². The first kappa shape index (κ1) is 13.4. The molecule has 0 aromatic carbocycles. The summed E-state index contributed by atoms with van der Waals surface area (Å²) in [7, 11) is 0. The van der Waals surface area contributed by atoms with Crippen LogP contribution in [0.25, 0.3) is 10.7 Å². The van der Waals surface area contributed by atoms with Crippen molar-refractivity contribution in [2.45, 2.75) is 26.7 Å². The molecule has 4 nitrogen and oxygen atoms in total. The maximum atomic E-state index is 11.6. The van der Waals surface area contributed by atoms with E-state index in [1.54, 1.807) is 0 Å². The highest BCUT2D eigenvalue weighted by Crippen LogP contribution is 2.29. The highest BCUT2D eigenvalue weighted by atomic mass is 79.9. The minimum absolute atomic E-state index is 0.132. The molecule has 2 aromatic rings. The van der Waals surface area contributed by atoms with Crippen LogP contribution in [-0.2, 0) is 11.2 Å². The van der Waals surface area contributed by atoms with Gasteiger partial charge in [-0.25, -0.2) is 0 Å². The predicted molar refractivity (Wildman–Crippen MR) is 73.5 cm³/mol. The molecule has 0 unspecified atom stereocenters. The summed E-state index contributed by atoms with van der Waals surface area (Å²) in [6.45, 7) is 4.03. The van der Waals surface area contributed by atoms with E-state index >= 15 is 0 Å². The molecule has 2 heterocycles. The van der Waals surface area contributed by atoms with Gasteiger partial charge in [0.2, 0.25) is 11.7 Å². The molecule has 0 atom stereocenters. The van der Waals surface area contributed by atoms with Crippen LogP contribution in [0.5, 0.6) is 0 Å². The average Bonchev–Trinajstić information content (AvgIpc) is 2.85. The van der Waals surface area contributed by atoms with E-state index in [0.717, 1.165) is 8.66 Å². The number of carbonyl (C=O) groups is 1. The lowest BCUT2D eigenvalue weighted by Crippen LogP contribution is -2.06. The Bertz CT molecular complexity index is 548. The maximum absolute atomic E-state index is 11.6. The molecule has 0 fully saturated rings. The molecule has 0 aliphatic heterocycles. The highest BCUT2D eigenvalue weighted by Gasteiger charge is 2.14. The molecule has 2 aromatic heterocycles. The molecule has 96 valence electrons. The Morgan fingerprint density at radius 2 is 2.28 bits per heavy atom. The summed E-state index contributed by atoms with van der Waals surface area (Å²) in [5.41, 5.74) is 0. The van der Waals surface area contributed by atoms with Crippen molar-refractivity contribution in [2.75, 3.05) is 0 Å². The lowest BCUT2D eigenvalue weighted by atomic mass is 10.1. The monoisotopic (exact) mass is 328 g/mol. The van der Waals surface area contributed by atoms with Crippen LogP contribution < -0.4 is 0 Å². The van der Waals surface area contributed by atoms with Crippen molar-refractivity contribution in [1.82, 2.24) is 10.1 Å². The maximum Gasteiger partial charge on any atom is 0.234 e. The van der Waals surface area contributed by atoms with Gasteiger partial charge in [0.1, 0.15) is 5.78 Å². The first-order valence-corrected chi connectivity index (χ1v) is 7.25. The number of nitrogens with zero attached hydrogens (tertiary/aromatic N) is 2. The highest BCUT2D eigenvalue weighted by molar-refractivity contribution is 9.11. The summed E-state index contributed by atoms with van der Waals surface area (Å²) < 4.78 is 6.10. The van der Waals surface area contributed by atoms with Crippen molar-refractivity contribution in [3.63, 3.8) is 0 Å². The van der Waals surface area contributed by atoms with Crippen molar-refractivity contribution < 1.29 is 9.32 Å². The van der Waals surface area contributed by atoms with Crippen molar-refractivity contribution in [3.8, 4) is 10.7 Å². The molecule has 0 bridgehead atoms. The van der Waals surface area contributed by atoms with Crippen molar-refractivity contribution in [1.29, 1.82) is 0 Å². The van der Waals surface area contributed by atoms with Gasteiger partial charge in [-0.1, -0.05) is 19.0 Å². The van der Waals surface area contributed by atoms with Crippen LogP contribution in [0.3, 0.4) is 0 Å². The molecule has 18 heavy (non-hydrogen) atoms. The van der Waals surface area contributed by atoms with Crippen LogP contribution in [0.2, 0.25) is 0 Å². The molecule has 0 saturated carbocycles. The van der Waals surface area contributed by atoms with Crippen LogP contribution in [0.4, 0.5) is 0 Å². The number of ketones is 1. The Hall–Kier alpha value is -1.01. The van der Waals surface area contributed by atoms with Crippen molar-refractivity contribution in [2.24, 2.45) is 5.92 Å². The molecular weight excluding hydrogens is 316 g/mol. The number of hydrogen-bond acceptors (Lipinski definition) is 5. The Labute approximate surface area is 118 Å². The van der Waals surface area contributed by atoms with E-state index in [0.29, 0.717) is 24.1 Å². The molecule has 0 amide bonds. The molecular formula is C12H13BrN2O2S. The van der Waals surface area contributed by atoms with Gasteiger partial charge in [-0.05, 0) is 34.0 Å². The fourth-order valence-corrected chi connectivity index (χ4v) is 2.87. The molecule has 0 radical (unpaired) electrons. The van der Waals surface area contributed by atoms with Gasteiger partial charge in [-0.2, -0.15) is 4.98 Å². The Kier molecular flexibility index (Phi) is 4.29. The van der Waals surface area contributed by atoms with Crippen LogP contribution in [0, 0.1) is 5.92 Å². The number of Topliss-reactive ketones (excluding diaryl/α,β-unsaturated/α-hetero) is 1. The topological polar surface area (TPSA) is 56.0 Å². The molecule has 0 spiro atoms. The van der Waals surface area contributed by atoms with Gasteiger partial charge in [0, 0.05) is 6.42 Å². The standard InChI is InChI=1S/C12H13BrN2O2S/c1-7(2)5-8(16)6-11-14-12(15-17-11)9-3-4-10(13)18-9/h3-4,7H,5-6H2,1-2H3. The van der Waals surface area contributed by atoms with Crippen LogP contribution in [0.1, 0.15) is 26.2 Å². The first-order chi connectivity index (χ1) is 8.54. The van der Waals surface area contributed by atoms with Gasteiger partial charge in [-0.3, -0.25) is 4.79 Å². The molecule has 0 aliphatic carbocycles. The van der Waals surface area contributed by atoms with Crippen LogP contribution in [0.15, 0.2) is 20.4 Å². The van der Waals surface area contributed by atoms with E-state index in [1.807, 2.05) is 26.0 Å². The largest absolute Gasteiger partial charge is 0.338 e. The van der Waals surface area contributed by atoms with E-state index in [2.05, 4.69) is 26.1 Å². The van der Waals surface area contributed by atoms with Crippen LogP contribution >= 0.6 is 27.3 Å². The molecule has 6 heteroatoms. The number of halogens is 1. The quantitative estimate of drug-likeness (QED) is 0.839. The molecule has 0 saturated heterocycles. The summed E-state index contributed by atoms with van der Waals surface area (Å²) in [5, 5.41) is 3.88. The number of hydrogen-bond donors (Lipinski definition) is 0. The zero-order valence-electron chi connectivity index (χ0n) is 10.1. The number of thiophene rings is 1. The third-order valence-electron chi connectivity index (χ3n) is 2.25. The van der Waals surface area contributed by atoms with Crippen molar-refractivity contribution in [3.05, 3.63) is 21.8 Å². The smallest absolute Gasteiger partial charge is 0.234 e. The normalized spacial score (nSPS) is 11.1. The van der Waals surface area contributed by atoms with Crippen LogP contribution in [-0.4, -0.2) is 15.9 Å². The third-order valence-corrected chi connectivity index (χ3v) is 3.87. The van der Waals surface area contributed by atoms with E-state index in [1.165, 1.54) is 11.3 Å². The molecule has 0 aliphatic rings. The zero-order chi connectivity index (χ0) is 13.1. The summed E-state index contributed by atoms with van der Waals surface area (Å²) >= 11 is 4.91. The number of carbonyl (C=O) groups excluding carboxylic acids is 1. The van der Waals surface area contributed by atoms with Gasteiger partial charge < -0.3 is 4.52 Å². The van der Waals surface area contributed by atoms with E-state index in [4.69, 9.17) is 4.52 Å². The molecule has 0 N–H and O–H groups in total. The fourth-order valence-electron chi connectivity index (χ4n) is 1.56. The first-order valence-electron chi connectivity index (χ1n) is 5.64.